The molecule has 6 heteroatoms. The summed E-state index contributed by atoms with van der Waals surface area (Å²) in [5.74, 6) is -1.12. The molecule has 0 radical (unpaired) electrons. The van der Waals surface area contributed by atoms with E-state index in [4.69, 9.17) is 5.73 Å². The van der Waals surface area contributed by atoms with Gasteiger partial charge in [-0.05, 0) is 24.6 Å². The Labute approximate surface area is 90.4 Å². The van der Waals surface area contributed by atoms with E-state index in [1.807, 2.05) is 0 Å². The molecule has 0 saturated carbocycles. The van der Waals surface area contributed by atoms with E-state index >= 15 is 0 Å². The lowest BCUT2D eigenvalue weighted by atomic mass is 10.2. The Bertz CT molecular complexity index is 402. The smallest absolute Gasteiger partial charge is 0.397 e. The molecule has 3 nitrogen and oxygen atoms in total. The predicted octanol–water partition coefficient (Wildman–Crippen LogP) is 2.47. The monoisotopic (exact) mass is 232 g/mol. The number of benzene rings is 1. The lowest BCUT2D eigenvalue weighted by Gasteiger charge is -2.10. The number of anilines is 2. The molecule has 1 aromatic carbocycles. The van der Waals surface area contributed by atoms with Gasteiger partial charge in [0.05, 0.1) is 11.4 Å². The van der Waals surface area contributed by atoms with E-state index in [-0.39, 0.29) is 11.4 Å². The third kappa shape index (κ3) is 3.80. The van der Waals surface area contributed by atoms with E-state index in [0.29, 0.717) is 0 Å². The van der Waals surface area contributed by atoms with E-state index < -0.39 is 18.5 Å². The topological polar surface area (TPSA) is 55.1 Å². The molecule has 0 saturated heterocycles. The summed E-state index contributed by atoms with van der Waals surface area (Å²) in [5, 5.41) is 2.11. The van der Waals surface area contributed by atoms with Gasteiger partial charge in [-0.1, -0.05) is 6.07 Å². The molecule has 3 N–H and O–H groups in total. The molecule has 0 spiro atoms. The first-order valence-electron chi connectivity index (χ1n) is 4.50. The maximum Gasteiger partial charge on any atom is 0.397 e. The molecule has 0 aromatic heterocycles. The summed E-state index contributed by atoms with van der Waals surface area (Å²) in [6.45, 7) is 1.79. The van der Waals surface area contributed by atoms with Crippen molar-refractivity contribution in [1.82, 2.24) is 0 Å². The molecule has 0 fully saturated rings. The highest BCUT2D eigenvalue weighted by Gasteiger charge is 2.31. The van der Waals surface area contributed by atoms with Crippen molar-refractivity contribution in [3.63, 3.8) is 0 Å². The second kappa shape index (κ2) is 4.42. The molecule has 1 aromatic rings. The summed E-state index contributed by atoms with van der Waals surface area (Å²) < 4.78 is 35.6. The molecule has 16 heavy (non-hydrogen) atoms. The minimum Gasteiger partial charge on any atom is -0.397 e. The molecular formula is C10H11F3N2O. The number of halogens is 3. The molecular weight excluding hydrogens is 221 g/mol. The van der Waals surface area contributed by atoms with Crippen LogP contribution in [0, 0.1) is 6.92 Å². The molecule has 0 atom stereocenters. The van der Waals surface area contributed by atoms with Crippen molar-refractivity contribution in [3.05, 3.63) is 23.8 Å². The fraction of sp³-hybridized carbons (Fsp3) is 0.300. The Hall–Kier alpha value is -1.72. The number of rotatable bonds is 2. The Morgan fingerprint density at radius 1 is 1.44 bits per heavy atom. The maximum absolute atomic E-state index is 11.9. The van der Waals surface area contributed by atoms with Crippen molar-refractivity contribution in [2.75, 3.05) is 11.1 Å². The van der Waals surface area contributed by atoms with Gasteiger partial charge in [-0.2, -0.15) is 13.2 Å². The maximum atomic E-state index is 11.9. The molecule has 1 rings (SSSR count). The molecule has 0 bridgehead atoms. The number of nitrogens with one attached hydrogen (secondary N) is 1. The lowest BCUT2D eigenvalue weighted by molar-refractivity contribution is -0.150. The summed E-state index contributed by atoms with van der Waals surface area (Å²) >= 11 is 0. The van der Waals surface area contributed by atoms with E-state index in [1.54, 1.807) is 19.1 Å². The van der Waals surface area contributed by atoms with Crippen LogP contribution in [0.25, 0.3) is 0 Å². The average Bonchev–Trinajstić information content (AvgIpc) is 2.06. The van der Waals surface area contributed by atoms with Crippen molar-refractivity contribution in [1.29, 1.82) is 0 Å². The van der Waals surface area contributed by atoms with Gasteiger partial charge >= 0.3 is 6.18 Å². The number of hydrogen-bond acceptors (Lipinski definition) is 2. The predicted molar refractivity (Wildman–Crippen MR) is 54.9 cm³/mol. The highest BCUT2D eigenvalue weighted by atomic mass is 19.4. The number of nitrogens with two attached hydrogens (primary N) is 1. The minimum absolute atomic E-state index is 0.194. The molecule has 0 aliphatic heterocycles. The molecule has 0 unspecified atom stereocenters. The van der Waals surface area contributed by atoms with Crippen LogP contribution in [0.3, 0.4) is 0 Å². The minimum atomic E-state index is -4.51. The third-order valence-electron chi connectivity index (χ3n) is 1.84. The zero-order valence-corrected chi connectivity index (χ0v) is 8.56. The second-order valence-corrected chi connectivity index (χ2v) is 3.43. The average molecular weight is 232 g/mol. The number of alkyl halides is 3. The van der Waals surface area contributed by atoms with Gasteiger partial charge in [0.25, 0.3) is 0 Å². The first-order valence-corrected chi connectivity index (χ1v) is 4.50. The van der Waals surface area contributed by atoms with Crippen molar-refractivity contribution in [3.8, 4) is 0 Å². The Morgan fingerprint density at radius 3 is 2.56 bits per heavy atom. The summed E-state index contributed by atoms with van der Waals surface area (Å²) in [6, 6.07) is 4.70. The van der Waals surface area contributed by atoms with Gasteiger partial charge in [-0.25, -0.2) is 0 Å². The van der Waals surface area contributed by atoms with Crippen LogP contribution in [0.15, 0.2) is 18.2 Å². The zero-order valence-electron chi connectivity index (χ0n) is 8.56. The largest absolute Gasteiger partial charge is 0.397 e. The van der Waals surface area contributed by atoms with Crippen LogP contribution in [-0.2, 0) is 4.79 Å². The van der Waals surface area contributed by atoms with E-state index in [2.05, 4.69) is 5.32 Å². The quantitative estimate of drug-likeness (QED) is 0.769. The fourth-order valence-corrected chi connectivity index (χ4v) is 1.17. The van der Waals surface area contributed by atoms with Gasteiger partial charge in [0.1, 0.15) is 6.42 Å². The fourth-order valence-electron chi connectivity index (χ4n) is 1.17. The van der Waals surface area contributed by atoms with Gasteiger partial charge in [-0.15, -0.1) is 0 Å². The first-order chi connectivity index (χ1) is 7.28. The van der Waals surface area contributed by atoms with Crippen LogP contribution in [0.1, 0.15) is 12.0 Å². The van der Waals surface area contributed by atoms with Crippen molar-refractivity contribution >= 4 is 17.3 Å². The highest BCUT2D eigenvalue weighted by Crippen LogP contribution is 2.23. The summed E-state index contributed by atoms with van der Waals surface area (Å²) in [6.07, 6.45) is -6.02. The second-order valence-electron chi connectivity index (χ2n) is 3.43. The summed E-state index contributed by atoms with van der Waals surface area (Å²) in [5.41, 5.74) is 6.84. The van der Waals surface area contributed by atoms with E-state index in [9.17, 15) is 18.0 Å². The Kier molecular flexibility index (Phi) is 3.41. The first kappa shape index (κ1) is 12.4. The number of hydrogen-bond donors (Lipinski definition) is 2. The van der Waals surface area contributed by atoms with Gasteiger partial charge in [0.15, 0.2) is 0 Å². The van der Waals surface area contributed by atoms with Crippen molar-refractivity contribution in [2.45, 2.75) is 19.5 Å². The van der Waals surface area contributed by atoms with Crippen LogP contribution in [0.4, 0.5) is 24.5 Å². The Balaban J connectivity index is 2.70. The van der Waals surface area contributed by atoms with Gasteiger partial charge in [0.2, 0.25) is 5.91 Å². The highest BCUT2D eigenvalue weighted by molar-refractivity contribution is 5.94. The van der Waals surface area contributed by atoms with E-state index in [1.165, 1.54) is 6.07 Å². The number of carbonyl (C=O) groups excluding carboxylic acids is 1. The molecule has 0 aliphatic carbocycles. The molecule has 1 amide bonds. The van der Waals surface area contributed by atoms with Gasteiger partial charge < -0.3 is 11.1 Å². The normalized spacial score (nSPS) is 11.2. The summed E-state index contributed by atoms with van der Waals surface area (Å²) in [4.78, 5) is 11.0. The van der Waals surface area contributed by atoms with Crippen molar-refractivity contribution < 1.29 is 18.0 Å². The van der Waals surface area contributed by atoms with Gasteiger partial charge in [-0.3, -0.25) is 4.79 Å². The lowest BCUT2D eigenvalue weighted by Crippen LogP contribution is -2.21. The number of aryl methyl sites for hydroxylation is 1. The SMILES string of the molecule is Cc1ccc(NC(=O)CC(F)(F)F)c(N)c1. The van der Waals surface area contributed by atoms with Gasteiger partial charge in [0, 0.05) is 0 Å². The number of amides is 1. The van der Waals surface area contributed by atoms with Crippen LogP contribution in [-0.4, -0.2) is 12.1 Å². The molecule has 0 heterocycles. The zero-order chi connectivity index (χ0) is 12.3. The molecule has 88 valence electrons. The van der Waals surface area contributed by atoms with Crippen LogP contribution in [0.5, 0.6) is 0 Å². The van der Waals surface area contributed by atoms with Crippen molar-refractivity contribution in [2.24, 2.45) is 0 Å². The van der Waals surface area contributed by atoms with E-state index in [0.717, 1.165) is 5.56 Å². The standard InChI is InChI=1S/C10H11F3N2O/c1-6-2-3-8(7(14)4-6)15-9(16)5-10(11,12)13/h2-4H,5,14H2,1H3,(H,15,16). The summed E-state index contributed by atoms with van der Waals surface area (Å²) in [7, 11) is 0. The Morgan fingerprint density at radius 2 is 2.06 bits per heavy atom. The van der Waals surface area contributed by atoms with Crippen LogP contribution < -0.4 is 11.1 Å². The van der Waals surface area contributed by atoms with Crippen LogP contribution >= 0.6 is 0 Å². The van der Waals surface area contributed by atoms with Crippen LogP contribution in [0.2, 0.25) is 0 Å². The number of nitrogen functional groups attached to an aromatic ring is 1. The molecule has 0 aliphatic rings. The number of carbonyl (C=O) groups is 1. The third-order valence-corrected chi connectivity index (χ3v) is 1.84.